The zero-order valence-electron chi connectivity index (χ0n) is 14.5. The van der Waals surface area contributed by atoms with Crippen LogP contribution in [0.15, 0.2) is 24.3 Å². The van der Waals surface area contributed by atoms with Crippen LogP contribution in [0, 0.1) is 37.1 Å². The molecule has 0 fully saturated rings. The van der Waals surface area contributed by atoms with Crippen LogP contribution in [0.3, 0.4) is 0 Å². The predicted molar refractivity (Wildman–Crippen MR) is 89.3 cm³/mol. The first-order valence-corrected chi connectivity index (χ1v) is 7.79. The molecule has 2 amide bonds. The van der Waals surface area contributed by atoms with Crippen molar-refractivity contribution >= 4 is 17.5 Å². The fraction of sp³-hybridized carbons (Fsp3) is 0.222. The van der Waals surface area contributed by atoms with Gasteiger partial charge in [-0.05, 0) is 31.0 Å². The van der Waals surface area contributed by atoms with E-state index in [1.165, 1.54) is 0 Å². The van der Waals surface area contributed by atoms with Gasteiger partial charge in [0.15, 0.2) is 24.0 Å². The Balaban J connectivity index is 1.88. The highest BCUT2D eigenvalue weighted by molar-refractivity contribution is 5.95. The Bertz CT molecular complexity index is 861. The molecule has 144 valence electrons. The lowest BCUT2D eigenvalue weighted by molar-refractivity contribution is -0.125. The molecule has 0 atom stereocenters. The zero-order chi connectivity index (χ0) is 20.1. The van der Waals surface area contributed by atoms with Crippen molar-refractivity contribution < 1.29 is 31.9 Å². The van der Waals surface area contributed by atoms with Gasteiger partial charge in [-0.3, -0.25) is 9.59 Å². The highest BCUT2D eigenvalue weighted by atomic mass is 19.2. The molecule has 0 heterocycles. The summed E-state index contributed by atoms with van der Waals surface area (Å²) in [6.45, 7) is 2.32. The first kappa shape index (κ1) is 20.2. The number of benzene rings is 2. The standard InChI is InChI=1S/C18H16F4N2O3/c1-9-4-3-5-13(10(9)2)24-14(25)7-23-15(26)8-27-18-16(21)11(19)6-12(20)17(18)22/h3-6H,7-8H2,1-2H3,(H,23,26)(H,24,25). The molecule has 0 saturated carbocycles. The van der Waals surface area contributed by atoms with Crippen molar-refractivity contribution in [2.75, 3.05) is 18.5 Å². The molecule has 2 N–H and O–H groups in total. The van der Waals surface area contributed by atoms with Crippen LogP contribution in [0.2, 0.25) is 0 Å². The monoisotopic (exact) mass is 384 g/mol. The Morgan fingerprint density at radius 3 is 2.26 bits per heavy atom. The number of carbonyl (C=O) groups excluding carboxylic acids is 2. The average Bonchev–Trinajstić information content (AvgIpc) is 2.62. The quantitative estimate of drug-likeness (QED) is 0.594. The number of halogens is 4. The summed E-state index contributed by atoms with van der Waals surface area (Å²) in [4.78, 5) is 23.5. The van der Waals surface area contributed by atoms with Crippen LogP contribution in [0.1, 0.15) is 11.1 Å². The lowest BCUT2D eigenvalue weighted by Crippen LogP contribution is -2.36. The third-order valence-corrected chi connectivity index (χ3v) is 3.74. The number of ether oxygens (including phenoxy) is 1. The van der Waals surface area contributed by atoms with Crippen molar-refractivity contribution in [3.63, 3.8) is 0 Å². The summed E-state index contributed by atoms with van der Waals surface area (Å²) < 4.78 is 57.4. The highest BCUT2D eigenvalue weighted by Gasteiger charge is 2.21. The summed E-state index contributed by atoms with van der Waals surface area (Å²) in [5.74, 6) is -9.61. The molecule has 0 aliphatic rings. The Morgan fingerprint density at radius 2 is 1.63 bits per heavy atom. The van der Waals surface area contributed by atoms with E-state index < -0.39 is 54.0 Å². The Hall–Kier alpha value is -3.10. The Kier molecular flexibility index (Phi) is 6.38. The number of hydrogen-bond donors (Lipinski definition) is 2. The second-order valence-electron chi connectivity index (χ2n) is 5.66. The maximum atomic E-state index is 13.4. The number of carbonyl (C=O) groups is 2. The van der Waals surface area contributed by atoms with Crippen LogP contribution in [0.25, 0.3) is 0 Å². The molecule has 2 aromatic carbocycles. The molecule has 0 radical (unpaired) electrons. The molecule has 9 heteroatoms. The molecule has 0 aromatic heterocycles. The van der Waals surface area contributed by atoms with E-state index in [-0.39, 0.29) is 6.07 Å². The van der Waals surface area contributed by atoms with Gasteiger partial charge in [0.25, 0.3) is 5.91 Å². The van der Waals surface area contributed by atoms with E-state index in [9.17, 15) is 27.2 Å². The van der Waals surface area contributed by atoms with Gasteiger partial charge in [-0.25, -0.2) is 8.78 Å². The minimum absolute atomic E-state index is 0.0230. The van der Waals surface area contributed by atoms with E-state index in [1.807, 2.05) is 19.9 Å². The van der Waals surface area contributed by atoms with Crippen molar-refractivity contribution in [1.29, 1.82) is 0 Å². The van der Waals surface area contributed by atoms with E-state index in [0.29, 0.717) is 5.69 Å². The van der Waals surface area contributed by atoms with Gasteiger partial charge in [0.2, 0.25) is 17.5 Å². The summed E-state index contributed by atoms with van der Waals surface area (Å²) in [6.07, 6.45) is 0. The van der Waals surface area contributed by atoms with Gasteiger partial charge in [0.05, 0.1) is 6.54 Å². The highest BCUT2D eigenvalue weighted by Crippen LogP contribution is 2.26. The van der Waals surface area contributed by atoms with Crippen molar-refractivity contribution in [3.05, 3.63) is 58.7 Å². The van der Waals surface area contributed by atoms with E-state index in [2.05, 4.69) is 15.4 Å². The molecule has 0 saturated heterocycles. The first-order valence-electron chi connectivity index (χ1n) is 7.79. The van der Waals surface area contributed by atoms with Gasteiger partial charge in [0.1, 0.15) is 0 Å². The summed E-state index contributed by atoms with van der Waals surface area (Å²) >= 11 is 0. The molecule has 0 aliphatic carbocycles. The lowest BCUT2D eigenvalue weighted by Gasteiger charge is -2.12. The molecule has 2 rings (SSSR count). The third kappa shape index (κ3) is 4.96. The molecule has 5 nitrogen and oxygen atoms in total. The first-order chi connectivity index (χ1) is 12.7. The minimum atomic E-state index is -1.76. The Labute approximate surface area is 152 Å². The molecule has 0 bridgehead atoms. The maximum absolute atomic E-state index is 13.4. The van der Waals surface area contributed by atoms with Crippen LogP contribution in [0.4, 0.5) is 23.2 Å². The molecule has 27 heavy (non-hydrogen) atoms. The Morgan fingerprint density at radius 1 is 1.00 bits per heavy atom. The molecule has 2 aromatic rings. The smallest absolute Gasteiger partial charge is 0.258 e. The van der Waals surface area contributed by atoms with Crippen molar-refractivity contribution in [3.8, 4) is 5.75 Å². The number of hydrogen-bond acceptors (Lipinski definition) is 3. The van der Waals surface area contributed by atoms with Crippen molar-refractivity contribution in [1.82, 2.24) is 5.32 Å². The molecule has 0 spiro atoms. The maximum Gasteiger partial charge on any atom is 0.258 e. The normalized spacial score (nSPS) is 10.4. The van der Waals surface area contributed by atoms with Crippen LogP contribution < -0.4 is 15.4 Å². The van der Waals surface area contributed by atoms with Crippen molar-refractivity contribution in [2.24, 2.45) is 0 Å². The van der Waals surface area contributed by atoms with Crippen LogP contribution in [-0.2, 0) is 9.59 Å². The number of rotatable bonds is 6. The summed E-state index contributed by atoms with van der Waals surface area (Å²) in [5.41, 5.74) is 2.40. The third-order valence-electron chi connectivity index (χ3n) is 3.74. The van der Waals surface area contributed by atoms with Gasteiger partial charge < -0.3 is 15.4 Å². The molecule has 0 aliphatic heterocycles. The fourth-order valence-electron chi connectivity index (χ4n) is 2.13. The number of aryl methyl sites for hydroxylation is 1. The summed E-state index contributed by atoms with van der Waals surface area (Å²) in [6, 6.07) is 5.34. The number of nitrogens with one attached hydrogen (secondary N) is 2. The van der Waals surface area contributed by atoms with Crippen LogP contribution in [0.5, 0.6) is 5.75 Å². The lowest BCUT2D eigenvalue weighted by atomic mass is 10.1. The average molecular weight is 384 g/mol. The van der Waals surface area contributed by atoms with E-state index in [1.54, 1.807) is 12.1 Å². The largest absolute Gasteiger partial charge is 0.477 e. The number of anilines is 1. The summed E-state index contributed by atoms with van der Waals surface area (Å²) in [7, 11) is 0. The van der Waals surface area contributed by atoms with Crippen LogP contribution in [-0.4, -0.2) is 25.0 Å². The van der Waals surface area contributed by atoms with Gasteiger partial charge in [0, 0.05) is 11.8 Å². The van der Waals surface area contributed by atoms with Gasteiger partial charge in [-0.2, -0.15) is 8.78 Å². The van der Waals surface area contributed by atoms with Gasteiger partial charge >= 0.3 is 0 Å². The zero-order valence-corrected chi connectivity index (χ0v) is 14.5. The molecule has 0 unspecified atom stereocenters. The molecular weight excluding hydrogens is 368 g/mol. The topological polar surface area (TPSA) is 67.4 Å². The summed E-state index contributed by atoms with van der Waals surface area (Å²) in [5, 5.41) is 4.77. The fourth-order valence-corrected chi connectivity index (χ4v) is 2.13. The van der Waals surface area contributed by atoms with E-state index in [0.717, 1.165) is 11.1 Å². The van der Waals surface area contributed by atoms with Gasteiger partial charge in [-0.1, -0.05) is 12.1 Å². The second-order valence-corrected chi connectivity index (χ2v) is 5.66. The number of amides is 2. The van der Waals surface area contributed by atoms with Crippen LogP contribution >= 0.6 is 0 Å². The van der Waals surface area contributed by atoms with Gasteiger partial charge in [-0.15, -0.1) is 0 Å². The molecular formula is C18H16F4N2O3. The van der Waals surface area contributed by atoms with E-state index in [4.69, 9.17) is 0 Å². The van der Waals surface area contributed by atoms with E-state index >= 15 is 0 Å². The second kappa shape index (κ2) is 8.52. The predicted octanol–water partition coefficient (Wildman–Crippen LogP) is 2.99. The van der Waals surface area contributed by atoms with Crippen molar-refractivity contribution in [2.45, 2.75) is 13.8 Å². The minimum Gasteiger partial charge on any atom is -0.477 e. The SMILES string of the molecule is Cc1cccc(NC(=O)CNC(=O)COc2c(F)c(F)cc(F)c2F)c1C.